The molecular formula is C30H37NO7. The largest absolute Gasteiger partial charge is 0.478 e. The van der Waals surface area contributed by atoms with Crippen molar-refractivity contribution in [3.05, 3.63) is 59.4 Å². The number of carboxylic acids is 1. The number of aliphatic hydroxyl groups excluding tert-OH is 2. The van der Waals surface area contributed by atoms with Gasteiger partial charge in [0.25, 0.3) is 0 Å². The van der Waals surface area contributed by atoms with Crippen LogP contribution in [0.1, 0.15) is 45.1 Å². The molecule has 2 aliphatic carbocycles. The Labute approximate surface area is 223 Å². The Balaban J connectivity index is 1.48. The monoisotopic (exact) mass is 523 g/mol. The molecule has 204 valence electrons. The van der Waals surface area contributed by atoms with Crippen molar-refractivity contribution < 1.29 is 34.4 Å². The number of hydrogen-bond acceptors (Lipinski definition) is 7. The van der Waals surface area contributed by atoms with Gasteiger partial charge in [0.2, 0.25) is 0 Å². The molecule has 2 heterocycles. The number of epoxide rings is 1. The molecule has 3 fully saturated rings. The van der Waals surface area contributed by atoms with E-state index in [1.165, 1.54) is 6.08 Å². The second-order valence-electron chi connectivity index (χ2n) is 12.0. The van der Waals surface area contributed by atoms with E-state index < -0.39 is 23.5 Å². The molecule has 4 aliphatic rings. The second-order valence-corrected chi connectivity index (χ2v) is 12.0. The number of allylic oxidation sites excluding steroid dienone is 1. The maximum Gasteiger partial charge on any atom is 0.343 e. The highest BCUT2D eigenvalue weighted by Crippen LogP contribution is 2.65. The predicted octanol–water partition coefficient (Wildman–Crippen LogP) is 3.54. The molecule has 0 amide bonds. The lowest BCUT2D eigenvalue weighted by molar-refractivity contribution is -0.167. The molecule has 0 bridgehead atoms. The van der Waals surface area contributed by atoms with Crippen LogP contribution in [0.4, 0.5) is 5.69 Å². The van der Waals surface area contributed by atoms with Gasteiger partial charge in [-0.2, -0.15) is 0 Å². The Kier molecular flexibility index (Phi) is 6.57. The van der Waals surface area contributed by atoms with E-state index in [2.05, 4.69) is 6.92 Å². The van der Waals surface area contributed by atoms with Crippen LogP contribution in [0.25, 0.3) is 5.57 Å². The molecule has 38 heavy (non-hydrogen) atoms. The number of esters is 1. The number of carboxylic acid groups (broad SMARTS) is 1. The lowest BCUT2D eigenvalue weighted by Gasteiger charge is -2.60. The van der Waals surface area contributed by atoms with Crippen LogP contribution in [-0.2, 0) is 19.1 Å². The van der Waals surface area contributed by atoms with Crippen LogP contribution in [0.15, 0.2) is 53.8 Å². The number of fused-ring (bicyclic) bond motifs is 1. The zero-order valence-electron chi connectivity index (χ0n) is 22.4. The van der Waals surface area contributed by atoms with Gasteiger partial charge in [-0.1, -0.05) is 38.1 Å². The fraction of sp³-hybridized carbons (Fsp3) is 0.533. The van der Waals surface area contributed by atoms with Crippen molar-refractivity contribution in [1.82, 2.24) is 0 Å². The minimum atomic E-state index is -1.18. The molecule has 3 N–H and O–H groups in total. The zero-order valence-corrected chi connectivity index (χ0v) is 22.4. The van der Waals surface area contributed by atoms with Gasteiger partial charge >= 0.3 is 11.9 Å². The molecule has 3 unspecified atom stereocenters. The van der Waals surface area contributed by atoms with Crippen molar-refractivity contribution in [2.75, 3.05) is 32.2 Å². The van der Waals surface area contributed by atoms with Crippen molar-refractivity contribution in [1.29, 1.82) is 0 Å². The summed E-state index contributed by atoms with van der Waals surface area (Å²) in [7, 11) is 3.80. The van der Waals surface area contributed by atoms with Crippen molar-refractivity contribution in [2.24, 2.45) is 22.7 Å². The lowest BCUT2D eigenvalue weighted by Crippen LogP contribution is -2.60. The predicted molar refractivity (Wildman–Crippen MR) is 142 cm³/mol. The summed E-state index contributed by atoms with van der Waals surface area (Å²) in [6, 6.07) is 7.04. The smallest absolute Gasteiger partial charge is 0.343 e. The van der Waals surface area contributed by atoms with Gasteiger partial charge < -0.3 is 29.7 Å². The molecule has 1 aromatic carbocycles. The van der Waals surface area contributed by atoms with Gasteiger partial charge in [0.05, 0.1) is 30.5 Å². The first-order valence-electron chi connectivity index (χ1n) is 13.3. The Hall–Kier alpha value is -2.94. The fourth-order valence-electron chi connectivity index (χ4n) is 7.27. The average Bonchev–Trinajstić information content (AvgIpc) is 3.55. The van der Waals surface area contributed by atoms with Crippen molar-refractivity contribution in [2.45, 2.75) is 51.2 Å². The number of anilines is 1. The van der Waals surface area contributed by atoms with E-state index >= 15 is 0 Å². The lowest BCUT2D eigenvalue weighted by atomic mass is 9.45. The first kappa shape index (κ1) is 26.7. The standard InChI is InChI=1S/C30H37NO7/c1-28-13-12-24(33)29(2,16-32)22(28)11-14-30(17-37-30)23(28)10-7-19-15-21(38-27(19)36)25(26(34)35)18-5-8-20(9-6-18)31(3)4/h5-10,15,22-24,32-33H,11-14,16-17H2,1-4H3,(H,34,35)/b10-7+,25-21-/t22?,23?,24-,28-,29-,30?/m0/s1. The zero-order chi connectivity index (χ0) is 27.5. The quantitative estimate of drug-likeness (QED) is 0.294. The summed E-state index contributed by atoms with van der Waals surface area (Å²) in [5, 5.41) is 31.0. The second kappa shape index (κ2) is 9.36. The third-order valence-electron chi connectivity index (χ3n) is 9.62. The third-order valence-corrected chi connectivity index (χ3v) is 9.62. The molecule has 0 radical (unpaired) electrons. The number of ether oxygens (including phenoxy) is 2. The Morgan fingerprint density at radius 1 is 1.16 bits per heavy atom. The molecule has 2 aliphatic heterocycles. The number of benzene rings is 1. The first-order valence-corrected chi connectivity index (χ1v) is 13.3. The number of aliphatic carboxylic acids is 1. The third kappa shape index (κ3) is 4.19. The number of aliphatic hydroxyl groups is 2. The van der Waals surface area contributed by atoms with Gasteiger partial charge in [-0.25, -0.2) is 9.59 Å². The number of carbonyl (C=O) groups is 2. The minimum absolute atomic E-state index is 0.0125. The number of carbonyl (C=O) groups excluding carboxylic acids is 1. The molecular weight excluding hydrogens is 486 g/mol. The summed E-state index contributed by atoms with van der Waals surface area (Å²) < 4.78 is 11.4. The van der Waals surface area contributed by atoms with Crippen LogP contribution in [0, 0.1) is 22.7 Å². The highest BCUT2D eigenvalue weighted by molar-refractivity contribution is 6.18. The van der Waals surface area contributed by atoms with Crippen LogP contribution in [0.2, 0.25) is 0 Å². The summed E-state index contributed by atoms with van der Waals surface area (Å²) >= 11 is 0. The van der Waals surface area contributed by atoms with Gasteiger partial charge in [0.1, 0.15) is 11.3 Å². The Bertz CT molecular complexity index is 1230. The van der Waals surface area contributed by atoms with Gasteiger partial charge in [0.15, 0.2) is 0 Å². The summed E-state index contributed by atoms with van der Waals surface area (Å²) in [4.78, 5) is 26.9. The fourth-order valence-corrected chi connectivity index (χ4v) is 7.27. The number of nitrogens with zero attached hydrogens (tertiary/aromatic N) is 1. The minimum Gasteiger partial charge on any atom is -0.478 e. The van der Waals surface area contributed by atoms with E-state index in [-0.39, 0.29) is 46.4 Å². The molecule has 1 aromatic rings. The van der Waals surface area contributed by atoms with E-state index in [4.69, 9.17) is 9.47 Å². The Morgan fingerprint density at radius 2 is 1.84 bits per heavy atom. The van der Waals surface area contributed by atoms with Crippen LogP contribution in [0.5, 0.6) is 0 Å². The Morgan fingerprint density at radius 3 is 2.42 bits per heavy atom. The molecule has 8 nitrogen and oxygen atoms in total. The summed E-state index contributed by atoms with van der Waals surface area (Å²) in [6.45, 7) is 4.74. The van der Waals surface area contributed by atoms with Crippen LogP contribution < -0.4 is 4.90 Å². The molecule has 2 saturated carbocycles. The molecule has 8 heteroatoms. The van der Waals surface area contributed by atoms with Gasteiger partial charge in [0, 0.05) is 31.1 Å². The van der Waals surface area contributed by atoms with Crippen molar-refractivity contribution >= 4 is 23.2 Å². The summed E-state index contributed by atoms with van der Waals surface area (Å²) in [5.41, 5.74) is 0.450. The first-order chi connectivity index (χ1) is 17.9. The van der Waals surface area contributed by atoms with Gasteiger partial charge in [-0.15, -0.1) is 0 Å². The van der Waals surface area contributed by atoms with E-state index in [1.54, 1.807) is 18.2 Å². The van der Waals surface area contributed by atoms with Gasteiger partial charge in [-0.3, -0.25) is 0 Å². The molecule has 5 rings (SSSR count). The van der Waals surface area contributed by atoms with Crippen LogP contribution in [-0.4, -0.2) is 66.3 Å². The molecule has 1 saturated heterocycles. The number of hydrogen-bond donors (Lipinski definition) is 3. The van der Waals surface area contributed by atoms with Crippen LogP contribution >= 0.6 is 0 Å². The average molecular weight is 524 g/mol. The normalized spacial score (nSPS) is 37.6. The topological polar surface area (TPSA) is 120 Å². The van der Waals surface area contributed by atoms with E-state index in [1.807, 2.05) is 44.1 Å². The maximum absolute atomic E-state index is 12.8. The molecule has 6 atom stereocenters. The maximum atomic E-state index is 12.8. The van der Waals surface area contributed by atoms with Crippen molar-refractivity contribution in [3.63, 3.8) is 0 Å². The number of cyclic esters (lactones) is 1. The summed E-state index contributed by atoms with van der Waals surface area (Å²) in [5.74, 6) is -1.69. The highest BCUT2D eigenvalue weighted by atomic mass is 16.6. The van der Waals surface area contributed by atoms with E-state index in [9.17, 15) is 24.9 Å². The molecule has 0 aromatic heterocycles. The van der Waals surface area contributed by atoms with Gasteiger partial charge in [-0.05, 0) is 60.8 Å². The van der Waals surface area contributed by atoms with E-state index in [0.717, 1.165) is 24.9 Å². The number of rotatable bonds is 6. The van der Waals surface area contributed by atoms with E-state index in [0.29, 0.717) is 18.6 Å². The summed E-state index contributed by atoms with van der Waals surface area (Å²) in [6.07, 6.45) is 7.74. The van der Waals surface area contributed by atoms with Crippen molar-refractivity contribution in [3.8, 4) is 0 Å². The van der Waals surface area contributed by atoms with Crippen LogP contribution in [0.3, 0.4) is 0 Å². The SMILES string of the molecule is CN(C)c1ccc(/C(C(=O)O)=C2C=C(/C=C/C3C4(CCC5[C@]3(C)CC[C@H](O)[C@@]5(C)CO)CO4)C(=O)O\2)cc1. The highest BCUT2D eigenvalue weighted by Gasteiger charge is 2.66. The molecule has 1 spiro atoms.